The molecular formula is C13H18ClNO2. The standard InChI is InChI=1S/C13H18ClNO2/c1-9-4-5-11(6-10(9)2)12(14)7-15(3)8-13(16)17/h4-6,12H,7-8H2,1-3H3,(H,16,17). The lowest BCUT2D eigenvalue weighted by Gasteiger charge is -2.19. The molecule has 17 heavy (non-hydrogen) atoms. The number of carboxylic acids is 1. The van der Waals surface area contributed by atoms with Gasteiger partial charge in [-0.1, -0.05) is 18.2 Å². The summed E-state index contributed by atoms with van der Waals surface area (Å²) < 4.78 is 0. The molecule has 0 fully saturated rings. The van der Waals surface area contributed by atoms with Gasteiger partial charge in [-0.3, -0.25) is 9.69 Å². The Morgan fingerprint density at radius 3 is 2.59 bits per heavy atom. The molecule has 0 aliphatic rings. The Bertz CT molecular complexity index is 406. The number of carboxylic acid groups (broad SMARTS) is 1. The van der Waals surface area contributed by atoms with E-state index < -0.39 is 5.97 Å². The molecular weight excluding hydrogens is 238 g/mol. The van der Waals surface area contributed by atoms with Gasteiger partial charge in [-0.25, -0.2) is 0 Å². The van der Waals surface area contributed by atoms with Gasteiger partial charge in [-0.2, -0.15) is 0 Å². The highest BCUT2D eigenvalue weighted by molar-refractivity contribution is 6.21. The monoisotopic (exact) mass is 255 g/mol. The van der Waals surface area contributed by atoms with E-state index in [1.807, 2.05) is 19.1 Å². The number of hydrogen-bond donors (Lipinski definition) is 1. The van der Waals surface area contributed by atoms with Gasteiger partial charge in [0.25, 0.3) is 0 Å². The van der Waals surface area contributed by atoms with Crippen LogP contribution in [-0.4, -0.2) is 36.1 Å². The van der Waals surface area contributed by atoms with Crippen molar-refractivity contribution in [1.82, 2.24) is 4.90 Å². The summed E-state index contributed by atoms with van der Waals surface area (Å²) >= 11 is 6.27. The zero-order chi connectivity index (χ0) is 13.0. The van der Waals surface area contributed by atoms with Crippen molar-refractivity contribution < 1.29 is 9.90 Å². The van der Waals surface area contributed by atoms with E-state index >= 15 is 0 Å². The highest BCUT2D eigenvalue weighted by atomic mass is 35.5. The fraction of sp³-hybridized carbons (Fsp3) is 0.462. The van der Waals surface area contributed by atoms with Crippen molar-refractivity contribution in [1.29, 1.82) is 0 Å². The molecule has 0 heterocycles. The topological polar surface area (TPSA) is 40.5 Å². The molecule has 1 rings (SSSR count). The fourth-order valence-electron chi connectivity index (χ4n) is 1.63. The number of alkyl halides is 1. The summed E-state index contributed by atoms with van der Waals surface area (Å²) in [6, 6.07) is 6.09. The first kappa shape index (κ1) is 14.0. The fourth-order valence-corrected chi connectivity index (χ4v) is 2.01. The van der Waals surface area contributed by atoms with Crippen molar-refractivity contribution in [2.24, 2.45) is 0 Å². The van der Waals surface area contributed by atoms with Crippen LogP contribution in [0.2, 0.25) is 0 Å². The van der Waals surface area contributed by atoms with Crippen molar-refractivity contribution in [3.05, 3.63) is 34.9 Å². The number of hydrogen-bond acceptors (Lipinski definition) is 2. The van der Waals surface area contributed by atoms with Gasteiger partial charge in [-0.15, -0.1) is 11.6 Å². The Hall–Kier alpha value is -1.06. The van der Waals surface area contributed by atoms with E-state index in [1.54, 1.807) is 11.9 Å². The lowest BCUT2D eigenvalue weighted by molar-refractivity contribution is -0.137. The highest BCUT2D eigenvalue weighted by Gasteiger charge is 2.13. The van der Waals surface area contributed by atoms with Gasteiger partial charge >= 0.3 is 5.97 Å². The second-order valence-corrected chi connectivity index (χ2v) is 4.93. The molecule has 0 saturated heterocycles. The molecule has 3 nitrogen and oxygen atoms in total. The van der Waals surface area contributed by atoms with E-state index in [0.717, 1.165) is 5.56 Å². The summed E-state index contributed by atoms with van der Waals surface area (Å²) in [5.74, 6) is -0.837. The SMILES string of the molecule is Cc1ccc(C(Cl)CN(C)CC(=O)O)cc1C. The second-order valence-electron chi connectivity index (χ2n) is 4.40. The Morgan fingerprint density at radius 2 is 2.06 bits per heavy atom. The second kappa shape index (κ2) is 6.03. The Labute approximate surface area is 107 Å². The minimum absolute atomic E-state index is 0.00800. The van der Waals surface area contributed by atoms with Crippen molar-refractivity contribution in [2.45, 2.75) is 19.2 Å². The van der Waals surface area contributed by atoms with Gasteiger partial charge in [0.05, 0.1) is 11.9 Å². The van der Waals surface area contributed by atoms with Crippen LogP contribution in [0.15, 0.2) is 18.2 Å². The molecule has 0 aliphatic heterocycles. The van der Waals surface area contributed by atoms with E-state index in [-0.39, 0.29) is 11.9 Å². The van der Waals surface area contributed by atoms with Gasteiger partial charge in [-0.05, 0) is 37.6 Å². The van der Waals surface area contributed by atoms with Crippen molar-refractivity contribution in [3.63, 3.8) is 0 Å². The molecule has 0 saturated carbocycles. The molecule has 4 heteroatoms. The van der Waals surface area contributed by atoms with Crippen LogP contribution in [0.3, 0.4) is 0 Å². The summed E-state index contributed by atoms with van der Waals surface area (Å²) in [5.41, 5.74) is 3.47. The molecule has 0 bridgehead atoms. The normalized spacial score (nSPS) is 12.8. The zero-order valence-electron chi connectivity index (χ0n) is 10.4. The molecule has 0 aromatic heterocycles. The third-order valence-corrected chi connectivity index (χ3v) is 3.16. The number of halogens is 1. The lowest BCUT2D eigenvalue weighted by atomic mass is 10.0. The van der Waals surface area contributed by atoms with Crippen LogP contribution in [0.5, 0.6) is 0 Å². The molecule has 1 N–H and O–H groups in total. The number of rotatable bonds is 5. The molecule has 94 valence electrons. The average Bonchev–Trinajstić information content (AvgIpc) is 2.20. The number of carbonyl (C=O) groups is 1. The van der Waals surface area contributed by atoms with Gasteiger partial charge in [0.1, 0.15) is 0 Å². The van der Waals surface area contributed by atoms with Gasteiger partial charge in [0.2, 0.25) is 0 Å². The number of nitrogens with zero attached hydrogens (tertiary/aromatic N) is 1. The molecule has 1 aromatic rings. The molecule has 0 radical (unpaired) electrons. The molecule has 1 unspecified atom stereocenters. The molecule has 1 aromatic carbocycles. The van der Waals surface area contributed by atoms with E-state index in [1.165, 1.54) is 11.1 Å². The van der Waals surface area contributed by atoms with Gasteiger partial charge < -0.3 is 5.11 Å². The maximum absolute atomic E-state index is 10.5. The lowest BCUT2D eigenvalue weighted by Crippen LogP contribution is -2.28. The van der Waals surface area contributed by atoms with Crippen LogP contribution >= 0.6 is 11.6 Å². The van der Waals surface area contributed by atoms with E-state index in [2.05, 4.69) is 13.0 Å². The number of likely N-dealkylation sites (N-methyl/N-ethyl adjacent to an activating group) is 1. The van der Waals surface area contributed by atoms with Crippen LogP contribution in [0.25, 0.3) is 0 Å². The number of benzene rings is 1. The van der Waals surface area contributed by atoms with E-state index in [4.69, 9.17) is 16.7 Å². The summed E-state index contributed by atoms with van der Waals surface area (Å²) in [6.45, 7) is 4.63. The number of aryl methyl sites for hydroxylation is 2. The largest absolute Gasteiger partial charge is 0.480 e. The third-order valence-electron chi connectivity index (χ3n) is 2.77. The van der Waals surface area contributed by atoms with Crippen molar-refractivity contribution in [3.8, 4) is 0 Å². The van der Waals surface area contributed by atoms with Crippen LogP contribution in [0.4, 0.5) is 0 Å². The predicted octanol–water partition coefficient (Wildman–Crippen LogP) is 2.60. The first-order valence-corrected chi connectivity index (χ1v) is 5.95. The quantitative estimate of drug-likeness (QED) is 0.823. The summed E-state index contributed by atoms with van der Waals surface area (Å²) in [5, 5.41) is 8.48. The summed E-state index contributed by atoms with van der Waals surface area (Å²) in [4.78, 5) is 12.2. The highest BCUT2D eigenvalue weighted by Crippen LogP contribution is 2.23. The first-order chi connectivity index (χ1) is 7.90. The van der Waals surface area contributed by atoms with Crippen LogP contribution < -0.4 is 0 Å². The molecule has 0 spiro atoms. The Kier molecular flexibility index (Phi) is 4.97. The van der Waals surface area contributed by atoms with Crippen molar-refractivity contribution >= 4 is 17.6 Å². The zero-order valence-corrected chi connectivity index (χ0v) is 11.2. The minimum atomic E-state index is -0.837. The molecule has 0 amide bonds. The first-order valence-electron chi connectivity index (χ1n) is 5.51. The van der Waals surface area contributed by atoms with E-state index in [0.29, 0.717) is 6.54 Å². The number of aliphatic carboxylic acids is 1. The third kappa shape index (κ3) is 4.36. The molecule has 1 atom stereocenters. The van der Waals surface area contributed by atoms with Crippen LogP contribution in [0, 0.1) is 13.8 Å². The van der Waals surface area contributed by atoms with Crippen LogP contribution in [0.1, 0.15) is 22.1 Å². The Balaban J connectivity index is 2.66. The average molecular weight is 256 g/mol. The summed E-state index contributed by atoms with van der Waals surface area (Å²) in [7, 11) is 1.75. The molecule has 0 aliphatic carbocycles. The minimum Gasteiger partial charge on any atom is -0.480 e. The smallest absolute Gasteiger partial charge is 0.317 e. The van der Waals surface area contributed by atoms with Gasteiger partial charge in [0.15, 0.2) is 0 Å². The predicted molar refractivity (Wildman–Crippen MR) is 69.6 cm³/mol. The Morgan fingerprint density at radius 1 is 1.41 bits per heavy atom. The maximum atomic E-state index is 10.5. The maximum Gasteiger partial charge on any atom is 0.317 e. The van der Waals surface area contributed by atoms with E-state index in [9.17, 15) is 4.79 Å². The van der Waals surface area contributed by atoms with Crippen LogP contribution in [-0.2, 0) is 4.79 Å². The van der Waals surface area contributed by atoms with Gasteiger partial charge in [0, 0.05) is 6.54 Å². The summed E-state index contributed by atoms with van der Waals surface area (Å²) in [6.07, 6.45) is 0. The van der Waals surface area contributed by atoms with Crippen molar-refractivity contribution in [2.75, 3.05) is 20.1 Å².